The summed E-state index contributed by atoms with van der Waals surface area (Å²) in [5, 5.41) is 13.9. The van der Waals surface area contributed by atoms with E-state index in [2.05, 4.69) is 10.3 Å². The van der Waals surface area contributed by atoms with Crippen LogP contribution in [0.1, 0.15) is 5.82 Å². The van der Waals surface area contributed by atoms with E-state index in [0.717, 1.165) is 10.8 Å². The van der Waals surface area contributed by atoms with Crippen LogP contribution < -0.4 is 5.32 Å². The molecule has 1 aromatic heterocycles. The van der Waals surface area contributed by atoms with E-state index in [1.807, 2.05) is 0 Å². The first kappa shape index (κ1) is 14.3. The fourth-order valence-corrected chi connectivity index (χ4v) is 1.86. The topological polar surface area (TPSA) is 90.1 Å². The Labute approximate surface area is 123 Å². The summed E-state index contributed by atoms with van der Waals surface area (Å²) in [6.45, 7) is 1.49. The van der Waals surface area contributed by atoms with Crippen LogP contribution >= 0.6 is 23.2 Å². The Kier molecular flexibility index (Phi) is 3.91. The molecule has 0 unspecified atom stereocenters. The molecule has 0 aliphatic rings. The minimum absolute atomic E-state index is 0.203. The van der Waals surface area contributed by atoms with Gasteiger partial charge in [-0.05, 0) is 23.1 Å². The van der Waals surface area contributed by atoms with Crippen molar-refractivity contribution in [2.75, 3.05) is 5.32 Å². The highest BCUT2D eigenvalue weighted by molar-refractivity contribution is 6.42. The highest BCUT2D eigenvalue weighted by Crippen LogP contribution is 2.25. The molecule has 0 spiro atoms. The summed E-state index contributed by atoms with van der Waals surface area (Å²) in [4.78, 5) is 25.9. The standard InChI is InChI=1S/C11H8Cl2N4O3/c1-6-14-5-10(17(19)20)16(6)11(18)15-7-2-3-8(12)9(13)4-7/h2-5H,1H3,(H,15,18). The van der Waals surface area contributed by atoms with Gasteiger partial charge in [-0.2, -0.15) is 0 Å². The number of imidazole rings is 1. The molecule has 9 heteroatoms. The van der Waals surface area contributed by atoms with Crippen molar-refractivity contribution in [1.29, 1.82) is 0 Å². The van der Waals surface area contributed by atoms with Gasteiger partial charge in [-0.25, -0.2) is 9.78 Å². The minimum Gasteiger partial charge on any atom is -0.358 e. The quantitative estimate of drug-likeness (QED) is 0.678. The van der Waals surface area contributed by atoms with Gasteiger partial charge in [0, 0.05) is 12.6 Å². The van der Waals surface area contributed by atoms with Gasteiger partial charge in [0.25, 0.3) is 0 Å². The number of amides is 1. The summed E-state index contributed by atoms with van der Waals surface area (Å²) in [5.41, 5.74) is 0.367. The minimum atomic E-state index is -0.704. The van der Waals surface area contributed by atoms with Gasteiger partial charge in [-0.1, -0.05) is 23.2 Å². The van der Waals surface area contributed by atoms with Crippen molar-refractivity contribution in [1.82, 2.24) is 9.55 Å². The van der Waals surface area contributed by atoms with E-state index in [0.29, 0.717) is 10.7 Å². The summed E-state index contributed by atoms with van der Waals surface area (Å²) in [6.07, 6.45) is 1.02. The fourth-order valence-electron chi connectivity index (χ4n) is 1.57. The maximum absolute atomic E-state index is 12.0. The molecule has 7 nitrogen and oxygen atoms in total. The number of rotatable bonds is 2. The molecule has 0 radical (unpaired) electrons. The molecule has 1 aromatic carbocycles. The first-order valence-electron chi connectivity index (χ1n) is 5.35. The average Bonchev–Trinajstić information content (AvgIpc) is 2.76. The van der Waals surface area contributed by atoms with Crippen LogP contribution in [0.25, 0.3) is 0 Å². The van der Waals surface area contributed by atoms with E-state index in [4.69, 9.17) is 23.2 Å². The van der Waals surface area contributed by atoms with Crippen LogP contribution in [0.5, 0.6) is 0 Å². The number of benzene rings is 1. The lowest BCUT2D eigenvalue weighted by Gasteiger charge is -2.05. The predicted octanol–water partition coefficient (Wildman–Crippen LogP) is 3.49. The summed E-state index contributed by atoms with van der Waals surface area (Å²) in [6, 6.07) is 3.78. The van der Waals surface area contributed by atoms with Gasteiger partial charge < -0.3 is 10.1 Å². The first-order valence-corrected chi connectivity index (χ1v) is 6.11. The third-order valence-corrected chi connectivity index (χ3v) is 3.22. The van der Waals surface area contributed by atoms with E-state index >= 15 is 0 Å². The third-order valence-electron chi connectivity index (χ3n) is 2.48. The van der Waals surface area contributed by atoms with Crippen LogP contribution in [-0.4, -0.2) is 20.5 Å². The average molecular weight is 315 g/mol. The van der Waals surface area contributed by atoms with Crippen LogP contribution in [-0.2, 0) is 0 Å². The number of aromatic nitrogens is 2. The second-order valence-electron chi connectivity index (χ2n) is 3.82. The lowest BCUT2D eigenvalue weighted by atomic mass is 10.3. The van der Waals surface area contributed by atoms with Crippen molar-refractivity contribution in [2.24, 2.45) is 0 Å². The number of hydrogen-bond donors (Lipinski definition) is 1. The second kappa shape index (κ2) is 5.48. The number of anilines is 1. The largest absolute Gasteiger partial charge is 0.419 e. The summed E-state index contributed by atoms with van der Waals surface area (Å²) in [5.74, 6) is -0.214. The molecular weight excluding hydrogens is 307 g/mol. The van der Waals surface area contributed by atoms with Gasteiger partial charge in [0.1, 0.15) is 6.20 Å². The number of nitro groups is 1. The number of nitrogens with zero attached hydrogens (tertiary/aromatic N) is 3. The van der Waals surface area contributed by atoms with Crippen molar-refractivity contribution in [3.8, 4) is 0 Å². The fraction of sp³-hybridized carbons (Fsp3) is 0.0909. The highest BCUT2D eigenvalue weighted by Gasteiger charge is 2.24. The monoisotopic (exact) mass is 314 g/mol. The summed E-state index contributed by atoms with van der Waals surface area (Å²) >= 11 is 11.6. The van der Waals surface area contributed by atoms with Crippen molar-refractivity contribution < 1.29 is 9.72 Å². The van der Waals surface area contributed by atoms with Gasteiger partial charge >= 0.3 is 11.8 Å². The summed E-state index contributed by atoms with van der Waals surface area (Å²) in [7, 11) is 0. The molecule has 0 aliphatic carbocycles. The highest BCUT2D eigenvalue weighted by atomic mass is 35.5. The van der Waals surface area contributed by atoms with Crippen LogP contribution in [0.4, 0.5) is 16.3 Å². The van der Waals surface area contributed by atoms with Gasteiger partial charge in [0.15, 0.2) is 0 Å². The van der Waals surface area contributed by atoms with E-state index < -0.39 is 16.8 Å². The Balaban J connectivity index is 2.30. The van der Waals surface area contributed by atoms with Crippen molar-refractivity contribution >= 4 is 40.7 Å². The molecule has 0 atom stereocenters. The Morgan fingerprint density at radius 2 is 2.10 bits per heavy atom. The Morgan fingerprint density at radius 3 is 2.70 bits per heavy atom. The number of carbonyl (C=O) groups is 1. The molecule has 1 heterocycles. The van der Waals surface area contributed by atoms with Crippen molar-refractivity contribution in [2.45, 2.75) is 6.92 Å². The molecule has 104 valence electrons. The Bertz CT molecular complexity index is 699. The maximum Gasteiger partial charge on any atom is 0.419 e. The summed E-state index contributed by atoms with van der Waals surface area (Å²) < 4.78 is 0.864. The van der Waals surface area contributed by atoms with Gasteiger partial charge in [0.05, 0.1) is 10.0 Å². The molecule has 1 N–H and O–H groups in total. The SMILES string of the molecule is Cc1ncc([N+](=O)[O-])n1C(=O)Nc1ccc(Cl)c(Cl)c1. The lowest BCUT2D eigenvalue weighted by molar-refractivity contribution is -0.390. The predicted molar refractivity (Wildman–Crippen MR) is 74.5 cm³/mol. The number of carbonyl (C=O) groups excluding carboxylic acids is 1. The molecule has 0 aliphatic heterocycles. The van der Waals surface area contributed by atoms with Gasteiger partial charge in [0.2, 0.25) is 5.82 Å². The van der Waals surface area contributed by atoms with Crippen molar-refractivity contribution in [3.63, 3.8) is 0 Å². The van der Waals surface area contributed by atoms with E-state index in [1.165, 1.54) is 25.1 Å². The Hall–Kier alpha value is -2.12. The van der Waals surface area contributed by atoms with Gasteiger partial charge in [-0.15, -0.1) is 4.57 Å². The van der Waals surface area contributed by atoms with E-state index in [9.17, 15) is 14.9 Å². The molecule has 0 saturated carbocycles. The van der Waals surface area contributed by atoms with Crippen LogP contribution in [0.15, 0.2) is 24.4 Å². The van der Waals surface area contributed by atoms with E-state index in [-0.39, 0.29) is 10.8 Å². The number of hydrogen-bond acceptors (Lipinski definition) is 4. The molecule has 20 heavy (non-hydrogen) atoms. The molecule has 0 saturated heterocycles. The van der Waals surface area contributed by atoms with Crippen LogP contribution in [0.2, 0.25) is 10.0 Å². The van der Waals surface area contributed by atoms with Crippen molar-refractivity contribution in [3.05, 3.63) is 50.4 Å². The third kappa shape index (κ3) is 2.73. The molecule has 0 fully saturated rings. The van der Waals surface area contributed by atoms with Crippen LogP contribution in [0, 0.1) is 17.0 Å². The van der Waals surface area contributed by atoms with Crippen LogP contribution in [0.3, 0.4) is 0 Å². The normalized spacial score (nSPS) is 10.3. The Morgan fingerprint density at radius 1 is 1.40 bits per heavy atom. The molecule has 1 amide bonds. The maximum atomic E-state index is 12.0. The zero-order valence-electron chi connectivity index (χ0n) is 10.1. The first-order chi connectivity index (χ1) is 9.40. The van der Waals surface area contributed by atoms with E-state index in [1.54, 1.807) is 0 Å². The lowest BCUT2D eigenvalue weighted by Crippen LogP contribution is -2.22. The molecular formula is C11H8Cl2N4O3. The zero-order chi connectivity index (χ0) is 14.9. The zero-order valence-corrected chi connectivity index (χ0v) is 11.6. The molecule has 0 bridgehead atoms. The number of aryl methyl sites for hydroxylation is 1. The number of halogens is 2. The molecule has 2 aromatic rings. The second-order valence-corrected chi connectivity index (χ2v) is 4.63. The number of nitrogens with one attached hydrogen (secondary N) is 1. The smallest absolute Gasteiger partial charge is 0.358 e. The molecule has 2 rings (SSSR count). The van der Waals surface area contributed by atoms with Gasteiger partial charge in [-0.3, -0.25) is 5.32 Å².